The molecule has 5 aromatic carbocycles. The van der Waals surface area contributed by atoms with Crippen LogP contribution in [0, 0.1) is 0 Å². The van der Waals surface area contributed by atoms with E-state index >= 15 is 0 Å². The fourth-order valence-corrected chi connectivity index (χ4v) is 5.49. The molecule has 4 nitrogen and oxygen atoms in total. The topological polar surface area (TPSA) is 43.9 Å². The van der Waals surface area contributed by atoms with Crippen LogP contribution in [0.15, 0.2) is 132 Å². The zero-order valence-corrected chi connectivity index (χ0v) is 20.4. The minimum absolute atomic E-state index is 0.710. The van der Waals surface area contributed by atoms with E-state index in [0.29, 0.717) is 5.65 Å². The Hall–Kier alpha value is -5.22. The molecule has 8 rings (SSSR count). The largest absolute Gasteiger partial charge is 0.455 e. The zero-order valence-electron chi connectivity index (χ0n) is 20.4. The molecule has 0 bridgehead atoms. The lowest BCUT2D eigenvalue weighted by atomic mass is 10.0. The van der Waals surface area contributed by atoms with E-state index in [-0.39, 0.29) is 0 Å². The Morgan fingerprint density at radius 3 is 2.24 bits per heavy atom. The van der Waals surface area contributed by atoms with Gasteiger partial charge in [-0.25, -0.2) is 9.97 Å². The van der Waals surface area contributed by atoms with Crippen molar-refractivity contribution in [2.24, 2.45) is 0 Å². The van der Waals surface area contributed by atoms with Crippen molar-refractivity contribution >= 4 is 43.9 Å². The van der Waals surface area contributed by atoms with Gasteiger partial charge in [0.2, 0.25) is 0 Å². The van der Waals surface area contributed by atoms with Crippen LogP contribution in [0.1, 0.15) is 0 Å². The van der Waals surface area contributed by atoms with E-state index in [1.165, 1.54) is 5.56 Å². The summed E-state index contributed by atoms with van der Waals surface area (Å²) in [5.41, 5.74) is 7.65. The smallest absolute Gasteiger partial charge is 0.179 e. The number of rotatable bonds is 3. The van der Waals surface area contributed by atoms with Gasteiger partial charge in [-0.2, -0.15) is 0 Å². The highest BCUT2D eigenvalue weighted by Crippen LogP contribution is 2.39. The molecule has 0 aliphatic carbocycles. The molecule has 0 atom stereocenters. The summed E-state index contributed by atoms with van der Waals surface area (Å²) in [4.78, 5) is 9.83. The van der Waals surface area contributed by atoms with Gasteiger partial charge in [-0.1, -0.05) is 91.0 Å². The Balaban J connectivity index is 1.44. The SMILES string of the molecule is c1ccc(-c2ccc3c(c2)oc2c(-c4nc5ncc6ccccc6c5n4-c4ccccc4)cccc23)cc1. The summed E-state index contributed by atoms with van der Waals surface area (Å²) < 4.78 is 8.81. The lowest BCUT2D eigenvalue weighted by Gasteiger charge is -2.11. The van der Waals surface area contributed by atoms with Gasteiger partial charge in [-0.05, 0) is 41.5 Å². The number of para-hydroxylation sites is 2. The molecule has 0 radical (unpaired) electrons. The van der Waals surface area contributed by atoms with Gasteiger partial charge in [0.25, 0.3) is 0 Å². The molecule has 4 heteroatoms. The van der Waals surface area contributed by atoms with Crippen molar-refractivity contribution < 1.29 is 4.42 Å². The minimum Gasteiger partial charge on any atom is -0.455 e. The Morgan fingerprint density at radius 1 is 0.605 bits per heavy atom. The van der Waals surface area contributed by atoms with Gasteiger partial charge < -0.3 is 4.42 Å². The van der Waals surface area contributed by atoms with E-state index < -0.39 is 0 Å². The molecule has 0 amide bonds. The standard InChI is InChI=1S/C34H21N3O/c1-3-10-22(11-4-1)23-18-19-27-28-16-9-17-29(32(28)38-30(27)20-23)34-36-33-31(37(34)25-13-5-2-6-14-25)26-15-8-7-12-24(26)21-35-33/h1-21H. The highest BCUT2D eigenvalue weighted by atomic mass is 16.3. The monoisotopic (exact) mass is 487 g/mol. The molecule has 3 heterocycles. The second kappa shape index (κ2) is 8.15. The first-order chi connectivity index (χ1) is 18.8. The molecule has 0 saturated heterocycles. The van der Waals surface area contributed by atoms with Crippen LogP contribution in [0.5, 0.6) is 0 Å². The van der Waals surface area contributed by atoms with E-state index in [1.54, 1.807) is 0 Å². The molecule has 0 fully saturated rings. The van der Waals surface area contributed by atoms with Gasteiger partial charge in [0.1, 0.15) is 16.7 Å². The molecule has 178 valence electrons. The molecule has 0 aliphatic heterocycles. The number of aromatic nitrogens is 3. The first-order valence-electron chi connectivity index (χ1n) is 12.7. The van der Waals surface area contributed by atoms with E-state index in [1.807, 2.05) is 24.4 Å². The van der Waals surface area contributed by atoms with Crippen molar-refractivity contribution in [1.82, 2.24) is 14.5 Å². The third-order valence-corrected chi connectivity index (χ3v) is 7.26. The molecule has 8 aromatic rings. The Kier molecular flexibility index (Phi) is 4.49. The molecule has 0 N–H and O–H groups in total. The summed E-state index contributed by atoms with van der Waals surface area (Å²) in [6, 6.07) is 41.8. The van der Waals surface area contributed by atoms with Crippen LogP contribution in [0.3, 0.4) is 0 Å². The normalized spacial score (nSPS) is 11.7. The first kappa shape index (κ1) is 20.9. The minimum atomic E-state index is 0.710. The highest BCUT2D eigenvalue weighted by Gasteiger charge is 2.21. The van der Waals surface area contributed by atoms with Crippen molar-refractivity contribution in [2.45, 2.75) is 0 Å². The summed E-state index contributed by atoms with van der Waals surface area (Å²) in [7, 11) is 0. The average Bonchev–Trinajstić information content (AvgIpc) is 3.56. The van der Waals surface area contributed by atoms with Gasteiger partial charge in [0, 0.05) is 33.4 Å². The Labute approximate surface area is 218 Å². The number of hydrogen-bond acceptors (Lipinski definition) is 3. The van der Waals surface area contributed by atoms with Crippen LogP contribution >= 0.6 is 0 Å². The van der Waals surface area contributed by atoms with E-state index in [9.17, 15) is 0 Å². The maximum absolute atomic E-state index is 6.60. The third-order valence-electron chi connectivity index (χ3n) is 7.26. The fourth-order valence-electron chi connectivity index (χ4n) is 5.49. The van der Waals surface area contributed by atoms with E-state index in [4.69, 9.17) is 14.4 Å². The first-order valence-corrected chi connectivity index (χ1v) is 12.7. The number of pyridine rings is 1. The van der Waals surface area contributed by atoms with E-state index in [2.05, 4.69) is 108 Å². The molecule has 3 aromatic heterocycles. The van der Waals surface area contributed by atoms with Crippen molar-refractivity contribution in [2.75, 3.05) is 0 Å². The second-order valence-electron chi connectivity index (χ2n) is 9.49. The lowest BCUT2D eigenvalue weighted by molar-refractivity contribution is 0.669. The highest BCUT2D eigenvalue weighted by molar-refractivity contribution is 6.11. The van der Waals surface area contributed by atoms with Gasteiger partial charge in [0.15, 0.2) is 11.5 Å². The van der Waals surface area contributed by atoms with Gasteiger partial charge >= 0.3 is 0 Å². The van der Waals surface area contributed by atoms with Crippen LogP contribution in [0.25, 0.3) is 72.1 Å². The van der Waals surface area contributed by atoms with Crippen LogP contribution in [-0.4, -0.2) is 14.5 Å². The number of fused-ring (bicyclic) bond motifs is 6. The molecular formula is C34H21N3O. The van der Waals surface area contributed by atoms with Gasteiger partial charge in [-0.15, -0.1) is 0 Å². The molecule has 0 unspecified atom stereocenters. The van der Waals surface area contributed by atoms with Crippen molar-refractivity contribution in [3.63, 3.8) is 0 Å². The number of benzene rings is 5. The summed E-state index contributed by atoms with van der Waals surface area (Å²) in [6.45, 7) is 0. The van der Waals surface area contributed by atoms with Crippen LogP contribution in [-0.2, 0) is 0 Å². The predicted molar refractivity (Wildman–Crippen MR) is 155 cm³/mol. The van der Waals surface area contributed by atoms with Crippen molar-refractivity contribution in [3.05, 3.63) is 128 Å². The maximum atomic E-state index is 6.60. The Morgan fingerprint density at radius 2 is 1.37 bits per heavy atom. The maximum Gasteiger partial charge on any atom is 0.179 e. The van der Waals surface area contributed by atoms with Crippen LogP contribution in [0.4, 0.5) is 0 Å². The van der Waals surface area contributed by atoms with Gasteiger partial charge in [-0.3, -0.25) is 4.57 Å². The molecule has 0 spiro atoms. The predicted octanol–water partition coefficient (Wildman–Crippen LogP) is 8.81. The summed E-state index contributed by atoms with van der Waals surface area (Å²) in [5.74, 6) is 0.808. The molecular weight excluding hydrogens is 466 g/mol. The van der Waals surface area contributed by atoms with Crippen LogP contribution < -0.4 is 0 Å². The quantitative estimate of drug-likeness (QED) is 0.250. The van der Waals surface area contributed by atoms with Crippen molar-refractivity contribution in [1.29, 1.82) is 0 Å². The molecule has 0 saturated carbocycles. The molecule has 0 aliphatic rings. The molecule has 38 heavy (non-hydrogen) atoms. The third kappa shape index (κ3) is 3.10. The second-order valence-corrected chi connectivity index (χ2v) is 9.49. The number of hydrogen-bond donors (Lipinski definition) is 0. The number of furan rings is 1. The zero-order chi connectivity index (χ0) is 25.1. The number of nitrogens with zero attached hydrogens (tertiary/aromatic N) is 3. The summed E-state index contributed by atoms with van der Waals surface area (Å²) in [5, 5.41) is 4.36. The van der Waals surface area contributed by atoms with E-state index in [0.717, 1.165) is 60.9 Å². The van der Waals surface area contributed by atoms with Crippen molar-refractivity contribution in [3.8, 4) is 28.2 Å². The lowest BCUT2D eigenvalue weighted by Crippen LogP contribution is -1.98. The fraction of sp³-hybridized carbons (Fsp3) is 0. The number of imidazole rings is 1. The Bertz CT molecular complexity index is 2120. The summed E-state index contributed by atoms with van der Waals surface area (Å²) in [6.07, 6.45) is 1.90. The summed E-state index contributed by atoms with van der Waals surface area (Å²) >= 11 is 0. The van der Waals surface area contributed by atoms with Gasteiger partial charge in [0.05, 0.1) is 5.56 Å². The van der Waals surface area contributed by atoms with Crippen LogP contribution in [0.2, 0.25) is 0 Å². The average molecular weight is 488 g/mol.